The summed E-state index contributed by atoms with van der Waals surface area (Å²) in [6, 6.07) is 4.60. The average molecular weight is 404 g/mol. The van der Waals surface area contributed by atoms with Crippen molar-refractivity contribution in [3.05, 3.63) is 53.0 Å². The highest BCUT2D eigenvalue weighted by atomic mass is 32.2. The number of halogens is 1. The standard InChI is InChI=1S/C17H17FN6OS2/c1-10-7-21-24(8-10)15-5-11(3-4-20-15)14-6-12(18)16(26-14)13-9-27(25)23(2)17(19)22-13/h3-8,13H,9H2,1-2H3,(H2,19,22). The zero-order valence-corrected chi connectivity index (χ0v) is 16.3. The van der Waals surface area contributed by atoms with E-state index < -0.39 is 17.0 Å². The molecule has 0 bridgehead atoms. The van der Waals surface area contributed by atoms with E-state index in [0.29, 0.717) is 10.7 Å². The van der Waals surface area contributed by atoms with Crippen molar-refractivity contribution in [2.24, 2.45) is 10.7 Å². The van der Waals surface area contributed by atoms with Gasteiger partial charge in [-0.1, -0.05) is 0 Å². The van der Waals surface area contributed by atoms with Crippen LogP contribution in [0.1, 0.15) is 16.5 Å². The summed E-state index contributed by atoms with van der Waals surface area (Å²) in [5.41, 5.74) is 7.65. The molecular weight excluding hydrogens is 387 g/mol. The molecule has 0 amide bonds. The van der Waals surface area contributed by atoms with Gasteiger partial charge in [0, 0.05) is 24.3 Å². The van der Waals surface area contributed by atoms with E-state index in [4.69, 9.17) is 5.73 Å². The summed E-state index contributed by atoms with van der Waals surface area (Å²) >= 11 is 1.29. The molecule has 2 N–H and O–H groups in total. The van der Waals surface area contributed by atoms with Crippen LogP contribution in [0.4, 0.5) is 4.39 Å². The van der Waals surface area contributed by atoms with Gasteiger partial charge in [0.1, 0.15) is 22.8 Å². The monoisotopic (exact) mass is 404 g/mol. The van der Waals surface area contributed by atoms with Crippen LogP contribution in [0.25, 0.3) is 16.3 Å². The molecule has 10 heteroatoms. The van der Waals surface area contributed by atoms with Crippen molar-refractivity contribution in [1.82, 2.24) is 19.1 Å². The Balaban J connectivity index is 1.69. The van der Waals surface area contributed by atoms with E-state index in [2.05, 4.69) is 15.1 Å². The number of hydrogen-bond acceptors (Lipinski definition) is 6. The van der Waals surface area contributed by atoms with Crippen LogP contribution >= 0.6 is 11.3 Å². The Morgan fingerprint density at radius 1 is 1.41 bits per heavy atom. The van der Waals surface area contributed by atoms with Gasteiger partial charge >= 0.3 is 0 Å². The molecule has 0 saturated carbocycles. The Kier molecular flexibility index (Phi) is 4.52. The molecular formula is C17H17FN6OS2. The van der Waals surface area contributed by atoms with Crippen LogP contribution < -0.4 is 5.73 Å². The van der Waals surface area contributed by atoms with Gasteiger partial charge in [-0.3, -0.25) is 4.31 Å². The van der Waals surface area contributed by atoms with Crippen molar-refractivity contribution in [2.45, 2.75) is 13.0 Å². The lowest BCUT2D eigenvalue weighted by atomic mass is 10.2. The summed E-state index contributed by atoms with van der Waals surface area (Å²) in [5.74, 6) is 0.645. The van der Waals surface area contributed by atoms with Gasteiger partial charge in [0.05, 0.1) is 16.8 Å². The van der Waals surface area contributed by atoms with Crippen molar-refractivity contribution in [3.8, 4) is 16.3 Å². The molecule has 3 aromatic heterocycles. The van der Waals surface area contributed by atoms with Crippen molar-refractivity contribution < 1.29 is 8.60 Å². The number of aromatic nitrogens is 3. The van der Waals surface area contributed by atoms with Crippen LogP contribution in [0.3, 0.4) is 0 Å². The number of aliphatic imine (C=N–C) groups is 1. The average Bonchev–Trinajstić information content (AvgIpc) is 3.25. The first-order valence-corrected chi connectivity index (χ1v) is 10.2. The lowest BCUT2D eigenvalue weighted by molar-refractivity contribution is 0.587. The zero-order valence-electron chi connectivity index (χ0n) is 14.7. The highest BCUT2D eigenvalue weighted by Crippen LogP contribution is 2.37. The molecule has 2 unspecified atom stereocenters. The number of aryl methyl sites for hydroxylation is 1. The predicted octanol–water partition coefficient (Wildman–Crippen LogP) is 2.41. The molecule has 0 spiro atoms. The van der Waals surface area contributed by atoms with Crippen molar-refractivity contribution >= 4 is 28.3 Å². The first-order chi connectivity index (χ1) is 12.9. The number of hydrogen-bond donors (Lipinski definition) is 1. The van der Waals surface area contributed by atoms with Gasteiger partial charge in [-0.15, -0.1) is 11.3 Å². The second-order valence-electron chi connectivity index (χ2n) is 6.18. The Labute approximate surface area is 162 Å². The van der Waals surface area contributed by atoms with E-state index >= 15 is 0 Å². The highest BCUT2D eigenvalue weighted by Gasteiger charge is 2.28. The number of thiophene rings is 1. The molecule has 1 aliphatic rings. The van der Waals surface area contributed by atoms with Crippen LogP contribution in [0.5, 0.6) is 0 Å². The van der Waals surface area contributed by atoms with Crippen LogP contribution in [0, 0.1) is 12.7 Å². The first kappa shape index (κ1) is 17.8. The number of nitrogens with two attached hydrogens (primary N) is 1. The van der Waals surface area contributed by atoms with E-state index in [1.807, 2.05) is 25.3 Å². The topological polar surface area (TPSA) is 89.4 Å². The minimum Gasteiger partial charge on any atom is -0.369 e. The molecule has 0 aliphatic carbocycles. The van der Waals surface area contributed by atoms with Crippen LogP contribution in [0.15, 0.2) is 41.8 Å². The van der Waals surface area contributed by atoms with Crippen molar-refractivity contribution in [3.63, 3.8) is 0 Å². The summed E-state index contributed by atoms with van der Waals surface area (Å²) in [4.78, 5) is 9.79. The molecule has 4 heterocycles. The SMILES string of the molecule is Cc1cnn(-c2cc(-c3cc(F)c(C4CS(=O)N(C)C(N)=N4)s3)ccn2)c1. The molecule has 0 radical (unpaired) electrons. The maximum atomic E-state index is 14.6. The highest BCUT2D eigenvalue weighted by molar-refractivity contribution is 7.83. The maximum Gasteiger partial charge on any atom is 0.203 e. The number of pyridine rings is 1. The minimum absolute atomic E-state index is 0.152. The van der Waals surface area contributed by atoms with E-state index in [9.17, 15) is 8.60 Å². The van der Waals surface area contributed by atoms with Gasteiger partial charge in [-0.25, -0.2) is 23.3 Å². The smallest absolute Gasteiger partial charge is 0.203 e. The molecule has 0 aromatic carbocycles. The minimum atomic E-state index is -1.32. The molecule has 1 aliphatic heterocycles. The zero-order chi connectivity index (χ0) is 19.1. The summed E-state index contributed by atoms with van der Waals surface area (Å²) in [5, 5.41) is 4.25. The Morgan fingerprint density at radius 3 is 2.93 bits per heavy atom. The first-order valence-electron chi connectivity index (χ1n) is 8.15. The number of nitrogens with zero attached hydrogens (tertiary/aromatic N) is 5. The summed E-state index contributed by atoms with van der Waals surface area (Å²) in [7, 11) is 0.289. The van der Waals surface area contributed by atoms with Crippen LogP contribution in [0.2, 0.25) is 0 Å². The molecule has 4 rings (SSSR count). The van der Waals surface area contributed by atoms with Gasteiger partial charge in [0.25, 0.3) is 0 Å². The van der Waals surface area contributed by atoms with Crippen molar-refractivity contribution in [2.75, 3.05) is 12.8 Å². The fourth-order valence-corrected chi connectivity index (χ4v) is 4.92. The van der Waals surface area contributed by atoms with Gasteiger partial charge < -0.3 is 5.73 Å². The Hall–Kier alpha value is -2.59. The lowest BCUT2D eigenvalue weighted by Gasteiger charge is -2.25. The van der Waals surface area contributed by atoms with Crippen LogP contribution in [-0.2, 0) is 11.0 Å². The summed E-state index contributed by atoms with van der Waals surface area (Å²) in [6.45, 7) is 1.95. The largest absolute Gasteiger partial charge is 0.369 e. The summed E-state index contributed by atoms with van der Waals surface area (Å²) < 4.78 is 29.8. The maximum absolute atomic E-state index is 14.6. The van der Waals surface area contributed by atoms with Gasteiger partial charge in [0.15, 0.2) is 5.82 Å². The third kappa shape index (κ3) is 3.37. The third-order valence-corrected chi connectivity index (χ3v) is 6.87. The second kappa shape index (κ2) is 6.86. The molecule has 7 nitrogen and oxygen atoms in total. The van der Waals surface area contributed by atoms with E-state index in [1.165, 1.54) is 21.7 Å². The lowest BCUT2D eigenvalue weighted by Crippen LogP contribution is -2.41. The molecule has 27 heavy (non-hydrogen) atoms. The van der Waals surface area contributed by atoms with Gasteiger partial charge in [-0.05, 0) is 36.2 Å². The van der Waals surface area contributed by atoms with E-state index in [0.717, 1.165) is 16.0 Å². The van der Waals surface area contributed by atoms with Gasteiger partial charge in [-0.2, -0.15) is 5.10 Å². The molecule has 0 saturated heterocycles. The van der Waals surface area contributed by atoms with Crippen LogP contribution in [-0.4, -0.2) is 42.0 Å². The van der Waals surface area contributed by atoms with Crippen molar-refractivity contribution in [1.29, 1.82) is 0 Å². The molecule has 3 aromatic rings. The third-order valence-electron chi connectivity index (χ3n) is 4.21. The normalized spacial score (nSPS) is 20.0. The Bertz CT molecular complexity index is 1060. The second-order valence-corrected chi connectivity index (χ2v) is 8.78. The fourth-order valence-electron chi connectivity index (χ4n) is 2.75. The molecule has 140 valence electrons. The predicted molar refractivity (Wildman–Crippen MR) is 105 cm³/mol. The van der Waals surface area contributed by atoms with E-state index in [1.54, 1.807) is 24.1 Å². The fraction of sp³-hybridized carbons (Fsp3) is 0.235. The number of guanidine groups is 1. The van der Waals surface area contributed by atoms with E-state index in [-0.39, 0.29) is 17.5 Å². The molecule has 0 fully saturated rings. The number of rotatable bonds is 3. The molecule has 2 atom stereocenters. The van der Waals surface area contributed by atoms with Gasteiger partial charge in [0.2, 0.25) is 5.96 Å². The Morgan fingerprint density at radius 2 is 2.22 bits per heavy atom. The quantitative estimate of drug-likeness (QED) is 0.726. The summed E-state index contributed by atoms with van der Waals surface area (Å²) in [6.07, 6.45) is 5.29.